The van der Waals surface area contributed by atoms with E-state index in [-0.39, 0.29) is 11.8 Å². The number of nitrogens with one attached hydrogen (secondary N) is 1. The Hall–Kier alpha value is -2.64. The third kappa shape index (κ3) is 4.91. The number of nitrogens with zero attached hydrogens (tertiary/aromatic N) is 3. The summed E-state index contributed by atoms with van der Waals surface area (Å²) in [5.41, 5.74) is 1.04. The number of carbonyl (C=O) groups is 2. The Morgan fingerprint density at radius 2 is 1.60 bits per heavy atom. The van der Waals surface area contributed by atoms with Crippen molar-refractivity contribution < 1.29 is 19.2 Å². The molecule has 0 aromatic heterocycles. The fourth-order valence-electron chi connectivity index (χ4n) is 4.20. The van der Waals surface area contributed by atoms with Crippen LogP contribution in [0.1, 0.15) is 0 Å². The number of carbonyl (C=O) groups excluding carboxylic acids is 2. The van der Waals surface area contributed by atoms with Crippen molar-refractivity contribution in [3.63, 3.8) is 0 Å². The molecule has 0 aliphatic carbocycles. The monoisotopic (exact) mass is 411 g/mol. The molecule has 4 rings (SSSR count). The number of hydrogen-bond acceptors (Lipinski definition) is 4. The minimum atomic E-state index is 0.143. The highest BCUT2D eigenvalue weighted by Gasteiger charge is 2.28. The van der Waals surface area contributed by atoms with Crippen molar-refractivity contribution in [2.24, 2.45) is 0 Å². The van der Waals surface area contributed by atoms with Crippen LogP contribution in [0.2, 0.25) is 0 Å². The first-order valence-electron chi connectivity index (χ1n) is 10.8. The van der Waals surface area contributed by atoms with Crippen LogP contribution in [-0.4, -0.2) is 94.2 Å². The Morgan fingerprint density at radius 1 is 0.933 bits per heavy atom. The van der Waals surface area contributed by atoms with Gasteiger partial charge in [-0.3, -0.25) is 9.59 Å². The van der Waals surface area contributed by atoms with E-state index in [0.717, 1.165) is 18.8 Å². The van der Waals surface area contributed by atoms with E-state index < -0.39 is 0 Å². The standard InChI is InChI=1S/C23H30N4O3/c1-24(21-7-6-19-4-2-3-5-20(19)16-21)17-22(28)26-10-8-25(9-11-26)18-23(29)27-12-14-30-15-13-27/h2-7,16H,8-15,17-18H2,1H3/p+1. The van der Waals surface area contributed by atoms with Crippen LogP contribution in [-0.2, 0) is 14.3 Å². The normalized spacial score (nSPS) is 17.9. The molecule has 1 N–H and O–H groups in total. The number of anilines is 1. The summed E-state index contributed by atoms with van der Waals surface area (Å²) in [6.45, 7) is 6.58. The Labute approximate surface area is 177 Å². The van der Waals surface area contributed by atoms with E-state index in [9.17, 15) is 9.59 Å². The lowest BCUT2D eigenvalue weighted by Gasteiger charge is -2.34. The summed E-state index contributed by atoms with van der Waals surface area (Å²) in [6.07, 6.45) is 0. The number of likely N-dealkylation sites (N-methyl/N-ethyl adjacent to an activating group) is 1. The molecule has 2 aromatic rings. The van der Waals surface area contributed by atoms with Crippen molar-refractivity contribution in [2.75, 3.05) is 77.5 Å². The van der Waals surface area contributed by atoms with E-state index >= 15 is 0 Å². The van der Waals surface area contributed by atoms with Gasteiger partial charge in [0.05, 0.1) is 45.9 Å². The number of ether oxygens (including phenoxy) is 1. The SMILES string of the molecule is CN(CC(=O)N1CC[NH+](CC(=O)N2CCOCC2)CC1)c1ccc2ccccc2c1. The molecule has 2 fully saturated rings. The molecule has 2 aliphatic heterocycles. The van der Waals surface area contributed by atoms with Gasteiger partial charge in [-0.2, -0.15) is 0 Å². The van der Waals surface area contributed by atoms with Gasteiger partial charge < -0.3 is 24.3 Å². The number of benzene rings is 2. The van der Waals surface area contributed by atoms with Gasteiger partial charge in [0.1, 0.15) is 0 Å². The van der Waals surface area contributed by atoms with E-state index in [0.29, 0.717) is 52.5 Å². The molecular formula is C23H31N4O3+. The van der Waals surface area contributed by atoms with E-state index in [4.69, 9.17) is 4.74 Å². The van der Waals surface area contributed by atoms with Crippen molar-refractivity contribution in [2.45, 2.75) is 0 Å². The predicted octanol–water partition coefficient (Wildman–Crippen LogP) is -0.138. The van der Waals surface area contributed by atoms with E-state index in [2.05, 4.69) is 30.3 Å². The summed E-state index contributed by atoms with van der Waals surface area (Å²) in [6, 6.07) is 14.5. The number of piperazine rings is 1. The fraction of sp³-hybridized carbons (Fsp3) is 0.478. The molecule has 30 heavy (non-hydrogen) atoms. The van der Waals surface area contributed by atoms with Crippen LogP contribution in [0.5, 0.6) is 0 Å². The third-order valence-electron chi connectivity index (χ3n) is 6.13. The number of amides is 2. The number of fused-ring (bicyclic) bond motifs is 1. The fourth-order valence-corrected chi connectivity index (χ4v) is 4.20. The second kappa shape index (κ2) is 9.45. The van der Waals surface area contributed by atoms with Crippen LogP contribution in [0.15, 0.2) is 42.5 Å². The Balaban J connectivity index is 1.26. The van der Waals surface area contributed by atoms with Gasteiger partial charge in [0, 0.05) is 25.8 Å². The summed E-state index contributed by atoms with van der Waals surface area (Å²) in [7, 11) is 1.96. The van der Waals surface area contributed by atoms with Crippen LogP contribution in [0.4, 0.5) is 5.69 Å². The van der Waals surface area contributed by atoms with Gasteiger partial charge in [0.15, 0.2) is 6.54 Å². The van der Waals surface area contributed by atoms with Gasteiger partial charge in [0.2, 0.25) is 5.91 Å². The highest BCUT2D eigenvalue weighted by Crippen LogP contribution is 2.21. The highest BCUT2D eigenvalue weighted by atomic mass is 16.5. The molecule has 7 nitrogen and oxygen atoms in total. The zero-order valence-electron chi connectivity index (χ0n) is 17.7. The van der Waals surface area contributed by atoms with Gasteiger partial charge in [-0.05, 0) is 22.9 Å². The number of morpholine rings is 1. The molecule has 0 saturated carbocycles. The smallest absolute Gasteiger partial charge is 0.277 e. The molecule has 0 radical (unpaired) electrons. The lowest BCUT2D eigenvalue weighted by atomic mass is 10.1. The molecule has 2 amide bonds. The average Bonchev–Trinajstić information content (AvgIpc) is 2.79. The third-order valence-corrected chi connectivity index (χ3v) is 6.13. The van der Waals surface area contributed by atoms with E-state index in [1.165, 1.54) is 15.7 Å². The molecule has 0 atom stereocenters. The van der Waals surface area contributed by atoms with Crippen molar-refractivity contribution in [1.82, 2.24) is 9.80 Å². The molecule has 2 heterocycles. The number of rotatable bonds is 5. The molecule has 0 bridgehead atoms. The second-order valence-corrected chi connectivity index (χ2v) is 8.19. The molecule has 7 heteroatoms. The van der Waals surface area contributed by atoms with Crippen LogP contribution in [0.3, 0.4) is 0 Å². The van der Waals surface area contributed by atoms with Crippen LogP contribution >= 0.6 is 0 Å². The molecule has 160 valence electrons. The van der Waals surface area contributed by atoms with Crippen LogP contribution in [0.25, 0.3) is 10.8 Å². The maximum atomic E-state index is 12.8. The summed E-state index contributed by atoms with van der Waals surface area (Å²) in [5.74, 6) is 0.341. The quantitative estimate of drug-likeness (QED) is 0.744. The first-order valence-corrected chi connectivity index (χ1v) is 10.8. The molecular weight excluding hydrogens is 380 g/mol. The zero-order chi connectivity index (χ0) is 20.9. The average molecular weight is 412 g/mol. The summed E-state index contributed by atoms with van der Waals surface area (Å²) < 4.78 is 5.32. The molecule has 2 aromatic carbocycles. The summed E-state index contributed by atoms with van der Waals surface area (Å²) >= 11 is 0. The molecule has 2 saturated heterocycles. The lowest BCUT2D eigenvalue weighted by molar-refractivity contribution is -0.896. The lowest BCUT2D eigenvalue weighted by Crippen LogP contribution is -3.15. The Bertz CT molecular complexity index is 889. The largest absolute Gasteiger partial charge is 0.378 e. The van der Waals surface area contributed by atoms with Crippen molar-refractivity contribution >= 4 is 28.3 Å². The van der Waals surface area contributed by atoms with Gasteiger partial charge >= 0.3 is 0 Å². The summed E-state index contributed by atoms with van der Waals surface area (Å²) in [4.78, 5) is 32.3. The predicted molar refractivity (Wildman–Crippen MR) is 117 cm³/mol. The minimum Gasteiger partial charge on any atom is -0.378 e. The molecule has 2 aliphatic rings. The maximum Gasteiger partial charge on any atom is 0.277 e. The Morgan fingerprint density at radius 3 is 2.33 bits per heavy atom. The van der Waals surface area contributed by atoms with Gasteiger partial charge in [-0.15, -0.1) is 0 Å². The highest BCUT2D eigenvalue weighted by molar-refractivity contribution is 5.87. The topological polar surface area (TPSA) is 57.5 Å². The number of hydrogen-bond donors (Lipinski definition) is 1. The molecule has 0 spiro atoms. The Kier molecular flexibility index (Phi) is 6.50. The number of quaternary nitrogens is 1. The van der Waals surface area contributed by atoms with Crippen molar-refractivity contribution in [1.29, 1.82) is 0 Å². The van der Waals surface area contributed by atoms with Gasteiger partial charge in [-0.25, -0.2) is 0 Å². The first-order chi connectivity index (χ1) is 14.6. The van der Waals surface area contributed by atoms with E-state index in [1.807, 2.05) is 33.9 Å². The minimum absolute atomic E-state index is 0.143. The van der Waals surface area contributed by atoms with Crippen molar-refractivity contribution in [3.05, 3.63) is 42.5 Å². The van der Waals surface area contributed by atoms with Crippen LogP contribution in [0, 0.1) is 0 Å². The van der Waals surface area contributed by atoms with Crippen LogP contribution < -0.4 is 9.80 Å². The van der Waals surface area contributed by atoms with Gasteiger partial charge in [-0.1, -0.05) is 30.3 Å². The second-order valence-electron chi connectivity index (χ2n) is 8.19. The maximum absolute atomic E-state index is 12.8. The van der Waals surface area contributed by atoms with E-state index in [1.54, 1.807) is 0 Å². The molecule has 0 unspecified atom stereocenters. The zero-order valence-corrected chi connectivity index (χ0v) is 17.7. The van der Waals surface area contributed by atoms with Crippen molar-refractivity contribution in [3.8, 4) is 0 Å². The van der Waals surface area contributed by atoms with Gasteiger partial charge in [0.25, 0.3) is 5.91 Å². The summed E-state index contributed by atoms with van der Waals surface area (Å²) in [5, 5.41) is 2.38. The first kappa shape index (κ1) is 20.6.